The molecule has 0 amide bonds. The number of piperidine rings is 1. The molecule has 1 fully saturated rings. The molecule has 2 heterocycles. The molecule has 0 aromatic heterocycles. The molecule has 2 aromatic carbocycles. The maximum Gasteiger partial charge on any atom is 0.0839 e. The average molecular weight is 358 g/mol. The molecule has 2 aliphatic heterocycles. The zero-order chi connectivity index (χ0) is 16.2. The molecule has 1 atom stereocenters. The lowest BCUT2D eigenvalue weighted by molar-refractivity contribution is 0.0275. The first kappa shape index (κ1) is 18.4. The van der Waals surface area contributed by atoms with Gasteiger partial charge in [-0.15, -0.1) is 12.4 Å². The van der Waals surface area contributed by atoms with Crippen molar-refractivity contribution in [1.29, 1.82) is 0 Å². The van der Waals surface area contributed by atoms with E-state index in [1.807, 2.05) is 0 Å². The first-order valence-electron chi connectivity index (χ1n) is 9.37. The van der Waals surface area contributed by atoms with E-state index in [0.717, 1.165) is 31.9 Å². The van der Waals surface area contributed by atoms with Gasteiger partial charge in [0.05, 0.1) is 12.7 Å². The normalized spacial score (nSPS) is 21.4. The van der Waals surface area contributed by atoms with Gasteiger partial charge in [0.2, 0.25) is 0 Å². The van der Waals surface area contributed by atoms with Gasteiger partial charge in [0.25, 0.3) is 0 Å². The molecule has 3 heteroatoms. The Balaban J connectivity index is 0.00000182. The van der Waals surface area contributed by atoms with Gasteiger partial charge in [0.15, 0.2) is 0 Å². The Kier molecular flexibility index (Phi) is 6.52. The summed E-state index contributed by atoms with van der Waals surface area (Å²) in [6.45, 7) is 4.46. The monoisotopic (exact) mass is 357 g/mol. The summed E-state index contributed by atoms with van der Waals surface area (Å²) in [5.74, 6) is 0.745. The maximum atomic E-state index is 6.06. The topological polar surface area (TPSA) is 12.5 Å². The quantitative estimate of drug-likeness (QED) is 0.764. The summed E-state index contributed by atoms with van der Waals surface area (Å²) in [5.41, 5.74) is 4.42. The lowest BCUT2D eigenvalue weighted by Crippen LogP contribution is -2.34. The predicted octanol–water partition coefficient (Wildman–Crippen LogP) is 4.99. The van der Waals surface area contributed by atoms with Crippen LogP contribution in [-0.2, 0) is 11.2 Å². The molecule has 0 radical (unpaired) electrons. The van der Waals surface area contributed by atoms with Crippen molar-refractivity contribution in [1.82, 2.24) is 4.90 Å². The highest BCUT2D eigenvalue weighted by Gasteiger charge is 2.24. The fourth-order valence-corrected chi connectivity index (χ4v) is 4.23. The van der Waals surface area contributed by atoms with Crippen LogP contribution in [-0.4, -0.2) is 31.1 Å². The van der Waals surface area contributed by atoms with Gasteiger partial charge in [-0.05, 0) is 61.4 Å². The van der Waals surface area contributed by atoms with Gasteiger partial charge in [-0.25, -0.2) is 0 Å². The van der Waals surface area contributed by atoms with Crippen LogP contribution in [0.1, 0.15) is 48.0 Å². The van der Waals surface area contributed by atoms with E-state index in [1.165, 1.54) is 42.6 Å². The van der Waals surface area contributed by atoms with Gasteiger partial charge >= 0.3 is 0 Å². The van der Waals surface area contributed by atoms with Crippen molar-refractivity contribution in [3.8, 4) is 0 Å². The number of benzene rings is 2. The number of likely N-dealkylation sites (tertiary alicyclic amines) is 1. The van der Waals surface area contributed by atoms with Gasteiger partial charge < -0.3 is 9.64 Å². The first-order valence-corrected chi connectivity index (χ1v) is 9.37. The molecule has 0 aliphatic carbocycles. The predicted molar refractivity (Wildman–Crippen MR) is 106 cm³/mol. The molecule has 2 aromatic rings. The third-order valence-electron chi connectivity index (χ3n) is 5.66. The van der Waals surface area contributed by atoms with E-state index in [1.54, 1.807) is 0 Å². The van der Waals surface area contributed by atoms with Crippen LogP contribution < -0.4 is 0 Å². The van der Waals surface area contributed by atoms with E-state index >= 15 is 0 Å². The highest BCUT2D eigenvalue weighted by molar-refractivity contribution is 5.85. The molecule has 1 saturated heterocycles. The number of hydrogen-bond donors (Lipinski definition) is 0. The second-order valence-electron chi connectivity index (χ2n) is 7.12. The number of nitrogens with zero attached hydrogens (tertiary/aromatic N) is 1. The fourth-order valence-electron chi connectivity index (χ4n) is 4.23. The van der Waals surface area contributed by atoms with Crippen LogP contribution in [0.2, 0.25) is 0 Å². The summed E-state index contributed by atoms with van der Waals surface area (Å²) in [5, 5.41) is 0. The Morgan fingerprint density at radius 2 is 1.64 bits per heavy atom. The summed E-state index contributed by atoms with van der Waals surface area (Å²) >= 11 is 0. The van der Waals surface area contributed by atoms with E-state index in [2.05, 4.69) is 59.5 Å². The highest BCUT2D eigenvalue weighted by atomic mass is 35.5. The maximum absolute atomic E-state index is 6.06. The van der Waals surface area contributed by atoms with Crippen molar-refractivity contribution < 1.29 is 4.74 Å². The van der Waals surface area contributed by atoms with Gasteiger partial charge in [-0.1, -0.05) is 54.6 Å². The van der Waals surface area contributed by atoms with Crippen LogP contribution in [0.15, 0.2) is 54.6 Å². The van der Waals surface area contributed by atoms with Crippen molar-refractivity contribution >= 4 is 12.4 Å². The Labute approximate surface area is 157 Å². The zero-order valence-electron chi connectivity index (χ0n) is 14.8. The Hall–Kier alpha value is -1.35. The molecule has 134 valence electrons. The summed E-state index contributed by atoms with van der Waals surface area (Å²) in [6, 6.07) is 19.8. The van der Waals surface area contributed by atoms with Crippen LogP contribution in [0.5, 0.6) is 0 Å². The van der Waals surface area contributed by atoms with Crippen LogP contribution in [0.25, 0.3) is 0 Å². The lowest BCUT2D eigenvalue weighted by atomic mass is 9.89. The van der Waals surface area contributed by atoms with Crippen molar-refractivity contribution in [3.05, 3.63) is 71.3 Å². The summed E-state index contributed by atoms with van der Waals surface area (Å²) in [6.07, 6.45) is 5.04. The van der Waals surface area contributed by atoms with Crippen molar-refractivity contribution in [2.24, 2.45) is 0 Å². The third-order valence-corrected chi connectivity index (χ3v) is 5.66. The van der Waals surface area contributed by atoms with E-state index in [-0.39, 0.29) is 12.4 Å². The Bertz CT molecular complexity index is 652. The third kappa shape index (κ3) is 4.44. The average Bonchev–Trinajstić information content (AvgIpc) is 2.67. The smallest absolute Gasteiger partial charge is 0.0839 e. The second kappa shape index (κ2) is 8.84. The molecule has 0 spiro atoms. The van der Waals surface area contributed by atoms with Crippen molar-refractivity contribution in [2.75, 3.05) is 26.2 Å². The molecule has 2 nitrogen and oxygen atoms in total. The van der Waals surface area contributed by atoms with E-state index in [0.29, 0.717) is 6.10 Å². The SMILES string of the molecule is Cl.c1ccc(C2CCN(CCC3OCCc4ccccc43)CC2)cc1. The molecule has 0 saturated carbocycles. The Morgan fingerprint density at radius 1 is 0.920 bits per heavy atom. The molecular formula is C22H28ClNO. The Morgan fingerprint density at radius 3 is 2.44 bits per heavy atom. The number of hydrogen-bond acceptors (Lipinski definition) is 2. The highest BCUT2D eigenvalue weighted by Crippen LogP contribution is 2.31. The molecule has 0 bridgehead atoms. The van der Waals surface area contributed by atoms with Crippen LogP contribution >= 0.6 is 12.4 Å². The summed E-state index contributed by atoms with van der Waals surface area (Å²) in [4.78, 5) is 2.63. The number of fused-ring (bicyclic) bond motifs is 1. The van der Waals surface area contributed by atoms with Crippen LogP contribution in [0, 0.1) is 0 Å². The molecule has 0 N–H and O–H groups in total. The minimum Gasteiger partial charge on any atom is -0.373 e. The van der Waals surface area contributed by atoms with E-state index < -0.39 is 0 Å². The molecule has 4 rings (SSSR count). The molecule has 2 aliphatic rings. The lowest BCUT2D eigenvalue weighted by Gasteiger charge is -2.34. The number of ether oxygens (including phenoxy) is 1. The fraction of sp³-hybridized carbons (Fsp3) is 0.455. The second-order valence-corrected chi connectivity index (χ2v) is 7.12. The van der Waals surface area contributed by atoms with Gasteiger partial charge in [0, 0.05) is 6.54 Å². The first-order chi connectivity index (χ1) is 11.9. The summed E-state index contributed by atoms with van der Waals surface area (Å²) < 4.78 is 6.06. The van der Waals surface area contributed by atoms with E-state index in [9.17, 15) is 0 Å². The molecule has 1 unspecified atom stereocenters. The summed E-state index contributed by atoms with van der Waals surface area (Å²) in [7, 11) is 0. The van der Waals surface area contributed by atoms with Crippen molar-refractivity contribution in [3.63, 3.8) is 0 Å². The van der Waals surface area contributed by atoms with E-state index in [4.69, 9.17) is 4.74 Å². The van der Waals surface area contributed by atoms with Gasteiger partial charge in [-0.3, -0.25) is 0 Å². The number of rotatable bonds is 4. The van der Waals surface area contributed by atoms with Crippen molar-refractivity contribution in [2.45, 2.75) is 37.7 Å². The largest absolute Gasteiger partial charge is 0.373 e. The zero-order valence-corrected chi connectivity index (χ0v) is 15.6. The minimum absolute atomic E-state index is 0. The van der Waals surface area contributed by atoms with Gasteiger partial charge in [0.1, 0.15) is 0 Å². The van der Waals surface area contributed by atoms with Crippen LogP contribution in [0.3, 0.4) is 0 Å². The molecular weight excluding hydrogens is 330 g/mol. The minimum atomic E-state index is 0. The standard InChI is InChI=1S/C22H27NO.ClH/c1-2-6-18(7-3-1)19-10-14-23(15-11-19)16-12-22-21-9-5-4-8-20(21)13-17-24-22;/h1-9,19,22H,10-17H2;1H. The van der Waals surface area contributed by atoms with Gasteiger partial charge in [-0.2, -0.15) is 0 Å². The number of halogens is 1. The molecule has 25 heavy (non-hydrogen) atoms. The van der Waals surface area contributed by atoms with Crippen LogP contribution in [0.4, 0.5) is 0 Å².